The van der Waals surface area contributed by atoms with Gasteiger partial charge in [0.1, 0.15) is 5.82 Å². The second kappa shape index (κ2) is 7.72. The summed E-state index contributed by atoms with van der Waals surface area (Å²) in [5.74, 6) is -0.258. The number of carbonyl (C=O) groups is 1. The van der Waals surface area contributed by atoms with Crippen LogP contribution in [0, 0.1) is 5.82 Å². The molecule has 1 heterocycles. The van der Waals surface area contributed by atoms with E-state index in [0.29, 0.717) is 23.0 Å². The van der Waals surface area contributed by atoms with Crippen LogP contribution < -0.4 is 0 Å². The van der Waals surface area contributed by atoms with Crippen molar-refractivity contribution in [2.24, 2.45) is 0 Å². The van der Waals surface area contributed by atoms with E-state index in [9.17, 15) is 9.18 Å². The average molecular weight is 341 g/mol. The highest BCUT2D eigenvalue weighted by Crippen LogP contribution is 2.22. The van der Waals surface area contributed by atoms with E-state index in [0.717, 1.165) is 4.88 Å². The van der Waals surface area contributed by atoms with Crippen molar-refractivity contribution in [1.82, 2.24) is 9.80 Å². The van der Waals surface area contributed by atoms with Crippen LogP contribution in [0.1, 0.15) is 10.4 Å². The van der Waals surface area contributed by atoms with E-state index in [1.54, 1.807) is 42.1 Å². The summed E-state index contributed by atoms with van der Waals surface area (Å²) in [6.07, 6.45) is 0. The van der Waals surface area contributed by atoms with Gasteiger partial charge in [-0.05, 0) is 25.2 Å². The maximum atomic E-state index is 13.6. The Labute approximate surface area is 138 Å². The van der Waals surface area contributed by atoms with Crippen LogP contribution in [0.2, 0.25) is 4.34 Å². The number of likely N-dealkylation sites (N-methyl/N-ethyl adjacent to an activating group) is 2. The molecule has 0 radical (unpaired) electrons. The van der Waals surface area contributed by atoms with Crippen molar-refractivity contribution < 1.29 is 9.18 Å². The Morgan fingerprint density at radius 3 is 2.55 bits per heavy atom. The smallest absolute Gasteiger partial charge is 0.236 e. The number of nitrogens with zero attached hydrogens (tertiary/aromatic N) is 2. The van der Waals surface area contributed by atoms with Gasteiger partial charge in [0, 0.05) is 24.0 Å². The van der Waals surface area contributed by atoms with Crippen LogP contribution in [0.25, 0.3) is 0 Å². The second-order valence-corrected chi connectivity index (χ2v) is 7.02. The summed E-state index contributed by atoms with van der Waals surface area (Å²) < 4.78 is 14.3. The van der Waals surface area contributed by atoms with Crippen LogP contribution in [-0.2, 0) is 17.9 Å². The molecule has 1 aromatic carbocycles. The molecule has 0 aliphatic rings. The Kier molecular flexibility index (Phi) is 5.94. The Morgan fingerprint density at radius 1 is 1.18 bits per heavy atom. The summed E-state index contributed by atoms with van der Waals surface area (Å²) >= 11 is 7.35. The van der Waals surface area contributed by atoms with E-state index in [-0.39, 0.29) is 18.3 Å². The summed E-state index contributed by atoms with van der Waals surface area (Å²) in [4.78, 5) is 16.7. The standard InChI is InChI=1S/C16H18ClFN2OS/c1-19(9-12-5-3-4-6-14(12)18)11-16(21)20(2)10-13-7-8-15(17)22-13/h3-8H,9-11H2,1-2H3. The largest absolute Gasteiger partial charge is 0.340 e. The quantitative estimate of drug-likeness (QED) is 0.801. The summed E-state index contributed by atoms with van der Waals surface area (Å²) in [7, 11) is 3.56. The van der Waals surface area contributed by atoms with Crippen molar-refractivity contribution in [3.63, 3.8) is 0 Å². The first-order valence-electron chi connectivity index (χ1n) is 6.86. The molecule has 2 aromatic rings. The SMILES string of the molecule is CN(CC(=O)N(C)Cc1ccc(Cl)s1)Cc1ccccc1F. The van der Waals surface area contributed by atoms with Gasteiger partial charge in [0.05, 0.1) is 17.4 Å². The predicted octanol–water partition coefficient (Wildman–Crippen LogP) is 3.63. The lowest BCUT2D eigenvalue weighted by Crippen LogP contribution is -2.36. The fourth-order valence-electron chi connectivity index (χ4n) is 2.08. The van der Waals surface area contributed by atoms with E-state index in [1.807, 2.05) is 12.1 Å². The summed E-state index contributed by atoms with van der Waals surface area (Å²) in [5, 5.41) is 0. The molecular weight excluding hydrogens is 323 g/mol. The second-order valence-electron chi connectivity index (χ2n) is 5.22. The third kappa shape index (κ3) is 4.80. The summed E-state index contributed by atoms with van der Waals surface area (Å²) in [6, 6.07) is 10.3. The molecule has 0 unspecified atom stereocenters. The number of hydrogen-bond acceptors (Lipinski definition) is 3. The lowest BCUT2D eigenvalue weighted by Gasteiger charge is -2.21. The lowest BCUT2D eigenvalue weighted by molar-refractivity contribution is -0.131. The minimum atomic E-state index is -0.247. The van der Waals surface area contributed by atoms with Crippen molar-refractivity contribution in [2.75, 3.05) is 20.6 Å². The van der Waals surface area contributed by atoms with Crippen molar-refractivity contribution >= 4 is 28.8 Å². The fraction of sp³-hybridized carbons (Fsp3) is 0.312. The Bertz CT molecular complexity index is 647. The first kappa shape index (κ1) is 16.9. The van der Waals surface area contributed by atoms with Crippen molar-refractivity contribution in [3.05, 3.63) is 57.0 Å². The highest BCUT2D eigenvalue weighted by molar-refractivity contribution is 7.16. The van der Waals surface area contributed by atoms with Gasteiger partial charge in [-0.2, -0.15) is 0 Å². The first-order valence-corrected chi connectivity index (χ1v) is 8.05. The van der Waals surface area contributed by atoms with E-state index in [1.165, 1.54) is 17.4 Å². The minimum Gasteiger partial charge on any atom is -0.340 e. The fourth-order valence-corrected chi connectivity index (χ4v) is 3.22. The molecule has 22 heavy (non-hydrogen) atoms. The van der Waals surface area contributed by atoms with E-state index in [2.05, 4.69) is 0 Å². The van der Waals surface area contributed by atoms with E-state index < -0.39 is 0 Å². The molecule has 1 amide bonds. The zero-order valence-electron chi connectivity index (χ0n) is 12.6. The Morgan fingerprint density at radius 2 is 1.91 bits per heavy atom. The number of thiophene rings is 1. The molecule has 1 aromatic heterocycles. The number of halogens is 2. The van der Waals surface area contributed by atoms with Gasteiger partial charge in [0.25, 0.3) is 0 Å². The maximum absolute atomic E-state index is 13.6. The molecule has 3 nitrogen and oxygen atoms in total. The molecule has 0 atom stereocenters. The normalized spacial score (nSPS) is 11.0. The molecule has 0 saturated carbocycles. The third-order valence-corrected chi connectivity index (χ3v) is 4.47. The zero-order chi connectivity index (χ0) is 16.1. The molecule has 0 spiro atoms. The third-order valence-electron chi connectivity index (χ3n) is 3.25. The average Bonchev–Trinajstić information content (AvgIpc) is 2.86. The van der Waals surface area contributed by atoms with E-state index in [4.69, 9.17) is 11.6 Å². The number of amides is 1. The molecule has 0 aliphatic heterocycles. The number of rotatable bonds is 6. The molecule has 0 bridgehead atoms. The highest BCUT2D eigenvalue weighted by atomic mass is 35.5. The zero-order valence-corrected chi connectivity index (χ0v) is 14.1. The van der Waals surface area contributed by atoms with Gasteiger partial charge in [-0.15, -0.1) is 11.3 Å². The molecular formula is C16H18ClFN2OS. The van der Waals surface area contributed by atoms with Gasteiger partial charge in [0.15, 0.2) is 0 Å². The van der Waals surface area contributed by atoms with Crippen LogP contribution >= 0.6 is 22.9 Å². The Balaban J connectivity index is 1.86. The number of carbonyl (C=O) groups excluding carboxylic acids is 1. The van der Waals surface area contributed by atoms with Crippen LogP contribution in [0.15, 0.2) is 36.4 Å². The van der Waals surface area contributed by atoms with Gasteiger partial charge in [-0.3, -0.25) is 9.69 Å². The van der Waals surface area contributed by atoms with Crippen molar-refractivity contribution in [2.45, 2.75) is 13.1 Å². The predicted molar refractivity (Wildman–Crippen MR) is 88.5 cm³/mol. The maximum Gasteiger partial charge on any atom is 0.236 e. The minimum absolute atomic E-state index is 0.0108. The van der Waals surface area contributed by atoms with Gasteiger partial charge < -0.3 is 4.90 Å². The number of hydrogen-bond donors (Lipinski definition) is 0. The van der Waals surface area contributed by atoms with Gasteiger partial charge in [-0.1, -0.05) is 29.8 Å². The highest BCUT2D eigenvalue weighted by Gasteiger charge is 2.14. The summed E-state index contributed by atoms with van der Waals surface area (Å²) in [5.41, 5.74) is 0.588. The molecule has 0 aliphatic carbocycles. The van der Waals surface area contributed by atoms with Crippen LogP contribution in [0.4, 0.5) is 4.39 Å². The van der Waals surface area contributed by atoms with Gasteiger partial charge in [-0.25, -0.2) is 4.39 Å². The monoisotopic (exact) mass is 340 g/mol. The molecule has 6 heteroatoms. The topological polar surface area (TPSA) is 23.6 Å². The molecule has 2 rings (SSSR count). The molecule has 0 fully saturated rings. The van der Waals surface area contributed by atoms with Crippen LogP contribution in [0.5, 0.6) is 0 Å². The first-order chi connectivity index (χ1) is 10.5. The Hall–Kier alpha value is -1.43. The lowest BCUT2D eigenvalue weighted by atomic mass is 10.2. The van der Waals surface area contributed by atoms with E-state index >= 15 is 0 Å². The summed E-state index contributed by atoms with van der Waals surface area (Å²) in [6.45, 7) is 1.17. The van der Waals surface area contributed by atoms with Crippen molar-refractivity contribution in [1.29, 1.82) is 0 Å². The molecule has 0 saturated heterocycles. The molecule has 118 valence electrons. The van der Waals surface area contributed by atoms with Crippen molar-refractivity contribution in [3.8, 4) is 0 Å². The number of benzene rings is 1. The van der Waals surface area contributed by atoms with Gasteiger partial charge >= 0.3 is 0 Å². The molecule has 0 N–H and O–H groups in total. The van der Waals surface area contributed by atoms with Crippen LogP contribution in [0.3, 0.4) is 0 Å². The van der Waals surface area contributed by atoms with Gasteiger partial charge in [0.2, 0.25) is 5.91 Å². The van der Waals surface area contributed by atoms with Crippen LogP contribution in [-0.4, -0.2) is 36.3 Å².